The number of pyridine rings is 1. The summed E-state index contributed by atoms with van der Waals surface area (Å²) in [5, 5.41) is 12.0. The number of aliphatic hydroxyl groups is 1. The molecule has 114 valence electrons. The Bertz CT molecular complexity index is 687. The lowest BCUT2D eigenvalue weighted by atomic mass is 9.87. The van der Waals surface area contributed by atoms with Crippen molar-refractivity contribution in [1.29, 1.82) is 0 Å². The first-order valence-corrected chi connectivity index (χ1v) is 7.36. The first kappa shape index (κ1) is 14.5. The Labute approximate surface area is 129 Å². The molecule has 0 saturated heterocycles. The zero-order valence-electron chi connectivity index (χ0n) is 12.5. The number of carbonyl (C=O) groups is 1. The number of anilines is 2. The molecule has 1 unspecified atom stereocenters. The third-order valence-corrected chi connectivity index (χ3v) is 4.01. The third-order valence-electron chi connectivity index (χ3n) is 4.01. The summed E-state index contributed by atoms with van der Waals surface area (Å²) in [6.45, 7) is 0.523. The average molecular weight is 297 g/mol. The van der Waals surface area contributed by atoms with Crippen molar-refractivity contribution in [3.63, 3.8) is 0 Å². The van der Waals surface area contributed by atoms with E-state index in [-0.39, 0.29) is 18.4 Å². The Hall–Kier alpha value is -2.40. The SMILES string of the molecule is CN1C(=O)C(c2cncc(NCCO)c2)Cc2ccccc21. The molecule has 22 heavy (non-hydrogen) atoms. The monoisotopic (exact) mass is 297 g/mol. The van der Waals surface area contributed by atoms with Crippen LogP contribution < -0.4 is 10.2 Å². The van der Waals surface area contributed by atoms with Crippen LogP contribution in [0.4, 0.5) is 11.4 Å². The van der Waals surface area contributed by atoms with E-state index in [4.69, 9.17) is 5.11 Å². The van der Waals surface area contributed by atoms with Crippen LogP contribution in [0.1, 0.15) is 17.0 Å². The number of para-hydroxylation sites is 1. The van der Waals surface area contributed by atoms with Crippen molar-refractivity contribution < 1.29 is 9.90 Å². The van der Waals surface area contributed by atoms with Gasteiger partial charge in [0.1, 0.15) is 0 Å². The molecular formula is C17H19N3O2. The van der Waals surface area contributed by atoms with Gasteiger partial charge in [0.25, 0.3) is 0 Å². The van der Waals surface area contributed by atoms with E-state index in [1.54, 1.807) is 17.3 Å². The topological polar surface area (TPSA) is 65.5 Å². The van der Waals surface area contributed by atoms with Gasteiger partial charge in [-0.2, -0.15) is 0 Å². The molecule has 0 fully saturated rings. The molecule has 1 aromatic carbocycles. The fourth-order valence-corrected chi connectivity index (χ4v) is 2.88. The standard InChI is InChI=1S/C17H19N3O2/c1-20-16-5-3-2-4-12(16)9-15(17(20)22)13-8-14(11-18-10-13)19-6-7-21/h2-5,8,10-11,15,19,21H,6-7,9H2,1H3. The first-order valence-electron chi connectivity index (χ1n) is 7.36. The van der Waals surface area contributed by atoms with E-state index in [0.717, 1.165) is 16.9 Å². The Morgan fingerprint density at radius 1 is 1.36 bits per heavy atom. The molecule has 2 aromatic rings. The minimum absolute atomic E-state index is 0.0582. The van der Waals surface area contributed by atoms with Gasteiger partial charge in [-0.05, 0) is 29.7 Å². The van der Waals surface area contributed by atoms with Gasteiger partial charge in [0.05, 0.1) is 18.2 Å². The number of nitrogens with zero attached hydrogens (tertiary/aromatic N) is 2. The number of aromatic nitrogens is 1. The number of amides is 1. The van der Waals surface area contributed by atoms with Crippen LogP contribution in [-0.4, -0.2) is 36.2 Å². The normalized spacial score (nSPS) is 17.3. The predicted octanol–water partition coefficient (Wildman–Crippen LogP) is 1.79. The molecule has 0 spiro atoms. The quantitative estimate of drug-likeness (QED) is 0.903. The maximum atomic E-state index is 12.7. The van der Waals surface area contributed by atoms with Crippen LogP contribution in [0.3, 0.4) is 0 Å². The van der Waals surface area contributed by atoms with Gasteiger partial charge >= 0.3 is 0 Å². The van der Waals surface area contributed by atoms with E-state index in [0.29, 0.717) is 13.0 Å². The lowest BCUT2D eigenvalue weighted by Gasteiger charge is -2.31. The van der Waals surface area contributed by atoms with Crippen molar-refractivity contribution in [2.75, 3.05) is 30.4 Å². The average Bonchev–Trinajstić information content (AvgIpc) is 2.56. The summed E-state index contributed by atoms with van der Waals surface area (Å²) < 4.78 is 0. The zero-order chi connectivity index (χ0) is 15.5. The molecule has 1 aliphatic rings. The van der Waals surface area contributed by atoms with Crippen LogP contribution in [0.5, 0.6) is 0 Å². The highest BCUT2D eigenvalue weighted by Gasteiger charge is 2.31. The van der Waals surface area contributed by atoms with Gasteiger partial charge in [-0.15, -0.1) is 0 Å². The van der Waals surface area contributed by atoms with Crippen molar-refractivity contribution >= 4 is 17.3 Å². The summed E-state index contributed by atoms with van der Waals surface area (Å²) >= 11 is 0. The minimum Gasteiger partial charge on any atom is -0.395 e. The molecule has 5 heteroatoms. The Kier molecular flexibility index (Phi) is 4.06. The lowest BCUT2D eigenvalue weighted by molar-refractivity contribution is -0.120. The number of likely N-dealkylation sites (N-methyl/N-ethyl adjacent to an activating group) is 1. The molecule has 0 bridgehead atoms. The van der Waals surface area contributed by atoms with E-state index < -0.39 is 0 Å². The molecule has 1 aromatic heterocycles. The summed E-state index contributed by atoms with van der Waals surface area (Å²) in [6, 6.07) is 9.92. The predicted molar refractivity (Wildman–Crippen MR) is 86.1 cm³/mol. The van der Waals surface area contributed by atoms with Crippen LogP contribution in [-0.2, 0) is 11.2 Å². The Morgan fingerprint density at radius 2 is 2.18 bits per heavy atom. The van der Waals surface area contributed by atoms with Gasteiger partial charge in [0, 0.05) is 31.7 Å². The van der Waals surface area contributed by atoms with Gasteiger partial charge in [-0.3, -0.25) is 9.78 Å². The maximum Gasteiger partial charge on any atom is 0.234 e. The second kappa shape index (κ2) is 6.15. The fraction of sp³-hybridized carbons (Fsp3) is 0.294. The maximum absolute atomic E-state index is 12.7. The molecular weight excluding hydrogens is 278 g/mol. The lowest BCUT2D eigenvalue weighted by Crippen LogP contribution is -2.37. The number of carbonyl (C=O) groups excluding carboxylic acids is 1. The number of benzene rings is 1. The summed E-state index contributed by atoms with van der Waals surface area (Å²) in [7, 11) is 1.81. The highest BCUT2D eigenvalue weighted by atomic mass is 16.3. The smallest absolute Gasteiger partial charge is 0.234 e. The summed E-state index contributed by atoms with van der Waals surface area (Å²) in [4.78, 5) is 18.6. The number of fused-ring (bicyclic) bond motifs is 1. The molecule has 2 heterocycles. The van der Waals surface area contributed by atoms with Gasteiger partial charge in [-0.1, -0.05) is 18.2 Å². The number of hydrogen-bond acceptors (Lipinski definition) is 4. The van der Waals surface area contributed by atoms with Crippen LogP contribution in [0.15, 0.2) is 42.7 Å². The van der Waals surface area contributed by atoms with Gasteiger partial charge in [0.15, 0.2) is 0 Å². The Morgan fingerprint density at radius 3 is 3.00 bits per heavy atom. The van der Waals surface area contributed by atoms with Crippen molar-refractivity contribution in [3.05, 3.63) is 53.9 Å². The van der Waals surface area contributed by atoms with E-state index in [1.165, 1.54) is 5.56 Å². The second-order valence-electron chi connectivity index (χ2n) is 5.44. The largest absolute Gasteiger partial charge is 0.395 e. The van der Waals surface area contributed by atoms with Crippen LogP contribution >= 0.6 is 0 Å². The summed E-state index contributed by atoms with van der Waals surface area (Å²) in [5.74, 6) is -0.136. The molecule has 1 atom stereocenters. The summed E-state index contributed by atoms with van der Waals surface area (Å²) in [6.07, 6.45) is 4.13. The number of rotatable bonds is 4. The molecule has 5 nitrogen and oxygen atoms in total. The minimum atomic E-state index is -0.219. The molecule has 1 amide bonds. The van der Waals surface area contributed by atoms with Gasteiger partial charge in [-0.25, -0.2) is 0 Å². The van der Waals surface area contributed by atoms with E-state index in [9.17, 15) is 4.79 Å². The van der Waals surface area contributed by atoms with E-state index in [1.807, 2.05) is 31.3 Å². The van der Waals surface area contributed by atoms with Crippen LogP contribution in [0, 0.1) is 0 Å². The fourth-order valence-electron chi connectivity index (χ4n) is 2.88. The summed E-state index contributed by atoms with van der Waals surface area (Å²) in [5.41, 5.74) is 3.87. The highest BCUT2D eigenvalue weighted by molar-refractivity contribution is 6.00. The van der Waals surface area contributed by atoms with E-state index >= 15 is 0 Å². The first-order chi connectivity index (χ1) is 10.7. The Balaban J connectivity index is 1.91. The van der Waals surface area contributed by atoms with Gasteiger partial charge in [0.2, 0.25) is 5.91 Å². The highest BCUT2D eigenvalue weighted by Crippen LogP contribution is 2.34. The van der Waals surface area contributed by atoms with Crippen LogP contribution in [0.2, 0.25) is 0 Å². The van der Waals surface area contributed by atoms with Crippen molar-refractivity contribution in [3.8, 4) is 0 Å². The molecule has 2 N–H and O–H groups in total. The molecule has 0 radical (unpaired) electrons. The number of hydrogen-bond donors (Lipinski definition) is 2. The van der Waals surface area contributed by atoms with Crippen molar-refractivity contribution in [1.82, 2.24) is 4.98 Å². The van der Waals surface area contributed by atoms with Gasteiger partial charge < -0.3 is 15.3 Å². The van der Waals surface area contributed by atoms with Crippen molar-refractivity contribution in [2.45, 2.75) is 12.3 Å². The van der Waals surface area contributed by atoms with E-state index in [2.05, 4.69) is 16.4 Å². The third kappa shape index (κ3) is 2.67. The second-order valence-corrected chi connectivity index (χ2v) is 5.44. The molecule has 0 saturated carbocycles. The molecule has 1 aliphatic heterocycles. The van der Waals surface area contributed by atoms with Crippen LogP contribution in [0.25, 0.3) is 0 Å². The zero-order valence-corrected chi connectivity index (χ0v) is 12.5. The number of nitrogens with one attached hydrogen (secondary N) is 1. The molecule has 0 aliphatic carbocycles. The number of aliphatic hydroxyl groups excluding tert-OH is 1. The van der Waals surface area contributed by atoms with Crippen molar-refractivity contribution in [2.24, 2.45) is 0 Å². The molecule has 3 rings (SSSR count).